The van der Waals surface area contributed by atoms with Crippen LogP contribution >= 0.6 is 12.4 Å². The first kappa shape index (κ1) is 16.9. The fourth-order valence-corrected chi connectivity index (χ4v) is 3.31. The molecule has 4 heteroatoms. The Morgan fingerprint density at radius 1 is 1.05 bits per heavy atom. The summed E-state index contributed by atoms with van der Waals surface area (Å²) in [5.74, 6) is -0.0945. The van der Waals surface area contributed by atoms with Crippen molar-refractivity contribution in [2.75, 3.05) is 19.6 Å². The standard InChI is InChI=1S/C18H23NO2.ClH/c1-18(2,12-19-9-3-4-10-19)14-6-7-15-13(11-14)5-8-16(20)17(15)21;/h5-8,11,20-21H,3-4,9-10,12H2,1-2H3;1H. The second-order valence-electron chi connectivity index (χ2n) is 6.74. The highest BCUT2D eigenvalue weighted by atomic mass is 35.5. The summed E-state index contributed by atoms with van der Waals surface area (Å²) in [6.07, 6.45) is 2.61. The highest BCUT2D eigenvalue weighted by Crippen LogP contribution is 2.36. The molecule has 3 nitrogen and oxygen atoms in total. The van der Waals surface area contributed by atoms with Crippen molar-refractivity contribution in [1.82, 2.24) is 4.90 Å². The Hall–Kier alpha value is -1.45. The predicted octanol–water partition coefficient (Wildman–Crippen LogP) is 4.05. The first-order valence-electron chi connectivity index (χ1n) is 7.65. The number of phenols is 2. The molecule has 22 heavy (non-hydrogen) atoms. The molecule has 0 saturated carbocycles. The van der Waals surface area contributed by atoms with Gasteiger partial charge in [-0.25, -0.2) is 0 Å². The highest BCUT2D eigenvalue weighted by Gasteiger charge is 2.26. The summed E-state index contributed by atoms with van der Waals surface area (Å²) in [5, 5.41) is 21.2. The lowest BCUT2D eigenvalue weighted by Crippen LogP contribution is -2.35. The molecule has 0 atom stereocenters. The van der Waals surface area contributed by atoms with Gasteiger partial charge in [-0.3, -0.25) is 0 Å². The van der Waals surface area contributed by atoms with E-state index in [1.165, 1.54) is 31.5 Å². The van der Waals surface area contributed by atoms with Crippen molar-refractivity contribution >= 4 is 23.2 Å². The van der Waals surface area contributed by atoms with E-state index < -0.39 is 0 Å². The first-order chi connectivity index (χ1) is 9.97. The summed E-state index contributed by atoms with van der Waals surface area (Å²) in [6.45, 7) is 8.00. The Morgan fingerprint density at radius 2 is 1.73 bits per heavy atom. The van der Waals surface area contributed by atoms with Gasteiger partial charge in [0.1, 0.15) is 0 Å². The summed E-state index contributed by atoms with van der Waals surface area (Å²) in [7, 11) is 0. The summed E-state index contributed by atoms with van der Waals surface area (Å²) in [5.41, 5.74) is 1.35. The number of hydrogen-bond donors (Lipinski definition) is 2. The summed E-state index contributed by atoms with van der Waals surface area (Å²) < 4.78 is 0. The van der Waals surface area contributed by atoms with Gasteiger partial charge in [0.05, 0.1) is 0 Å². The lowest BCUT2D eigenvalue weighted by atomic mass is 9.83. The van der Waals surface area contributed by atoms with E-state index in [0.29, 0.717) is 5.39 Å². The van der Waals surface area contributed by atoms with Crippen LogP contribution in [0.2, 0.25) is 0 Å². The van der Waals surface area contributed by atoms with Crippen LogP contribution in [0.3, 0.4) is 0 Å². The van der Waals surface area contributed by atoms with Crippen LogP contribution in [0.1, 0.15) is 32.3 Å². The van der Waals surface area contributed by atoms with Crippen LogP contribution in [0, 0.1) is 0 Å². The Labute approximate surface area is 138 Å². The average Bonchev–Trinajstić information content (AvgIpc) is 2.95. The molecule has 1 aliphatic rings. The van der Waals surface area contributed by atoms with Crippen LogP contribution in [0.25, 0.3) is 10.8 Å². The van der Waals surface area contributed by atoms with Crippen molar-refractivity contribution < 1.29 is 10.2 Å². The molecule has 0 unspecified atom stereocenters. The molecule has 0 aliphatic carbocycles. The number of nitrogens with zero attached hydrogens (tertiary/aromatic N) is 1. The maximum Gasteiger partial charge on any atom is 0.165 e. The Kier molecular flexibility index (Phi) is 4.88. The van der Waals surface area contributed by atoms with Crippen molar-refractivity contribution in [1.29, 1.82) is 0 Å². The van der Waals surface area contributed by atoms with Gasteiger partial charge in [0.2, 0.25) is 0 Å². The molecule has 1 saturated heterocycles. The Bertz CT molecular complexity index is 663. The van der Waals surface area contributed by atoms with Crippen molar-refractivity contribution in [2.45, 2.75) is 32.1 Å². The van der Waals surface area contributed by atoms with E-state index in [1.54, 1.807) is 6.07 Å². The Balaban J connectivity index is 0.00000176. The molecular weight excluding hydrogens is 298 g/mol. The van der Waals surface area contributed by atoms with E-state index in [2.05, 4.69) is 30.9 Å². The van der Waals surface area contributed by atoms with Gasteiger partial charge in [0.15, 0.2) is 11.5 Å². The van der Waals surface area contributed by atoms with Crippen molar-refractivity contribution in [3.63, 3.8) is 0 Å². The number of likely N-dealkylation sites (tertiary alicyclic amines) is 1. The summed E-state index contributed by atoms with van der Waals surface area (Å²) in [6, 6.07) is 9.52. The number of benzene rings is 2. The van der Waals surface area contributed by atoms with E-state index in [9.17, 15) is 10.2 Å². The highest BCUT2D eigenvalue weighted by molar-refractivity contribution is 5.90. The van der Waals surface area contributed by atoms with Gasteiger partial charge >= 0.3 is 0 Å². The fourth-order valence-electron chi connectivity index (χ4n) is 3.31. The van der Waals surface area contributed by atoms with Gasteiger partial charge in [-0.2, -0.15) is 0 Å². The lowest BCUT2D eigenvalue weighted by molar-refractivity contribution is 0.269. The van der Waals surface area contributed by atoms with Gasteiger partial charge < -0.3 is 15.1 Å². The largest absolute Gasteiger partial charge is 0.504 e. The van der Waals surface area contributed by atoms with E-state index in [-0.39, 0.29) is 29.3 Å². The average molecular weight is 322 g/mol. The molecule has 2 aromatic carbocycles. The maximum atomic E-state index is 9.92. The van der Waals surface area contributed by atoms with Crippen molar-refractivity contribution in [2.24, 2.45) is 0 Å². The number of hydrogen-bond acceptors (Lipinski definition) is 3. The van der Waals surface area contributed by atoms with Crippen LogP contribution in [-0.4, -0.2) is 34.7 Å². The molecule has 0 aromatic heterocycles. The summed E-state index contributed by atoms with van der Waals surface area (Å²) >= 11 is 0. The van der Waals surface area contributed by atoms with E-state index in [0.717, 1.165) is 11.9 Å². The van der Waals surface area contributed by atoms with Gasteiger partial charge in [-0.05, 0) is 42.9 Å². The Morgan fingerprint density at radius 3 is 2.41 bits per heavy atom. The second-order valence-corrected chi connectivity index (χ2v) is 6.74. The molecule has 0 radical (unpaired) electrons. The molecule has 0 spiro atoms. The van der Waals surface area contributed by atoms with Gasteiger partial charge in [-0.15, -0.1) is 12.4 Å². The molecule has 0 amide bonds. The van der Waals surface area contributed by atoms with E-state index >= 15 is 0 Å². The minimum atomic E-state index is -0.0634. The van der Waals surface area contributed by atoms with Crippen LogP contribution in [0.4, 0.5) is 0 Å². The monoisotopic (exact) mass is 321 g/mol. The number of fused-ring (bicyclic) bond motifs is 1. The third-order valence-electron chi connectivity index (χ3n) is 4.57. The molecule has 0 bridgehead atoms. The topological polar surface area (TPSA) is 43.7 Å². The smallest absolute Gasteiger partial charge is 0.165 e. The molecule has 3 rings (SSSR count). The zero-order chi connectivity index (χ0) is 15.0. The zero-order valence-electron chi connectivity index (χ0n) is 13.2. The molecule has 2 aromatic rings. The number of aromatic hydroxyl groups is 2. The SMILES string of the molecule is CC(C)(CN1CCCC1)c1ccc2c(O)c(O)ccc2c1.Cl. The van der Waals surface area contributed by atoms with Crippen molar-refractivity contribution in [3.8, 4) is 11.5 Å². The molecule has 1 heterocycles. The van der Waals surface area contributed by atoms with Crippen LogP contribution < -0.4 is 0 Å². The van der Waals surface area contributed by atoms with Crippen molar-refractivity contribution in [3.05, 3.63) is 35.9 Å². The van der Waals surface area contributed by atoms with Crippen LogP contribution in [0.15, 0.2) is 30.3 Å². The number of rotatable bonds is 3. The fraction of sp³-hybridized carbons (Fsp3) is 0.444. The zero-order valence-corrected chi connectivity index (χ0v) is 14.0. The van der Waals surface area contributed by atoms with Gasteiger partial charge in [0.25, 0.3) is 0 Å². The molecule has 120 valence electrons. The maximum absolute atomic E-state index is 9.92. The number of phenolic OH excluding ortho intramolecular Hbond substituents is 2. The molecule has 1 aliphatic heterocycles. The van der Waals surface area contributed by atoms with Crippen LogP contribution in [-0.2, 0) is 5.41 Å². The first-order valence-corrected chi connectivity index (χ1v) is 7.65. The van der Waals surface area contributed by atoms with Crippen LogP contribution in [0.5, 0.6) is 11.5 Å². The van der Waals surface area contributed by atoms with E-state index in [4.69, 9.17) is 0 Å². The molecular formula is C18H24ClNO2. The number of halogens is 1. The quantitative estimate of drug-likeness (QED) is 0.838. The molecule has 2 N–H and O–H groups in total. The second kappa shape index (κ2) is 6.35. The minimum Gasteiger partial charge on any atom is -0.504 e. The normalized spacial score (nSPS) is 15.9. The van der Waals surface area contributed by atoms with Gasteiger partial charge in [-0.1, -0.05) is 38.1 Å². The third kappa shape index (κ3) is 3.16. The summed E-state index contributed by atoms with van der Waals surface area (Å²) in [4.78, 5) is 2.53. The lowest BCUT2D eigenvalue weighted by Gasteiger charge is -2.31. The third-order valence-corrected chi connectivity index (χ3v) is 4.57. The minimum absolute atomic E-state index is 0. The van der Waals surface area contributed by atoms with E-state index in [1.807, 2.05) is 12.1 Å². The predicted molar refractivity (Wildman–Crippen MR) is 93.2 cm³/mol. The van der Waals surface area contributed by atoms with Gasteiger partial charge in [0, 0.05) is 17.3 Å². The molecule has 1 fully saturated rings.